The number of aromatic nitrogens is 2. The molecule has 0 unspecified atom stereocenters. The van der Waals surface area contributed by atoms with Crippen molar-refractivity contribution in [3.8, 4) is 0 Å². The summed E-state index contributed by atoms with van der Waals surface area (Å²) in [6.45, 7) is 2.69. The van der Waals surface area contributed by atoms with Gasteiger partial charge in [-0.25, -0.2) is 9.18 Å². The monoisotopic (exact) mass is 198 g/mol. The number of carbonyl (C=O) groups is 1. The van der Waals surface area contributed by atoms with Crippen molar-refractivity contribution in [1.29, 1.82) is 0 Å². The second-order valence-electron chi connectivity index (χ2n) is 3.29. The zero-order valence-electron chi connectivity index (χ0n) is 8.24. The molecule has 0 aromatic carbocycles. The summed E-state index contributed by atoms with van der Waals surface area (Å²) in [6, 6.07) is 1.33. The molecule has 1 rings (SSSR count). The van der Waals surface area contributed by atoms with Crippen molar-refractivity contribution in [3.63, 3.8) is 0 Å². The van der Waals surface area contributed by atoms with E-state index in [2.05, 4.69) is 14.9 Å². The number of carbonyl (C=O) groups excluding carboxylic acids is 1. The van der Waals surface area contributed by atoms with Crippen molar-refractivity contribution < 1.29 is 13.9 Å². The Balaban J connectivity index is 3.08. The number of hydrogen-bond acceptors (Lipinski definition) is 4. The van der Waals surface area contributed by atoms with Crippen LogP contribution in [0.1, 0.15) is 29.9 Å². The summed E-state index contributed by atoms with van der Waals surface area (Å²) >= 11 is 0. The maximum atomic E-state index is 13.4. The van der Waals surface area contributed by atoms with Crippen molar-refractivity contribution in [2.24, 2.45) is 0 Å². The molecule has 0 atom stereocenters. The van der Waals surface area contributed by atoms with E-state index in [-0.39, 0.29) is 11.3 Å². The predicted molar refractivity (Wildman–Crippen MR) is 47.5 cm³/mol. The Labute approximate surface area is 81.1 Å². The fourth-order valence-corrected chi connectivity index (χ4v) is 0.887. The van der Waals surface area contributed by atoms with Crippen LogP contribution in [0.15, 0.2) is 12.3 Å². The zero-order valence-corrected chi connectivity index (χ0v) is 8.24. The fraction of sp³-hybridized carbons (Fsp3) is 0.444. The molecule has 0 saturated carbocycles. The lowest BCUT2D eigenvalue weighted by atomic mass is 10.1. The van der Waals surface area contributed by atoms with Gasteiger partial charge in [0.15, 0.2) is 0 Å². The smallest absolute Gasteiger partial charge is 0.339 e. The number of ether oxygens (including phenoxy) is 1. The van der Waals surface area contributed by atoms with Crippen LogP contribution in [0.4, 0.5) is 4.39 Å². The molecule has 0 saturated heterocycles. The minimum atomic E-state index is -1.61. The van der Waals surface area contributed by atoms with E-state index in [4.69, 9.17) is 0 Å². The molecule has 0 bridgehead atoms. The Kier molecular flexibility index (Phi) is 2.78. The Morgan fingerprint density at radius 1 is 1.57 bits per heavy atom. The van der Waals surface area contributed by atoms with Gasteiger partial charge in [0.2, 0.25) is 0 Å². The van der Waals surface area contributed by atoms with Crippen LogP contribution < -0.4 is 0 Å². The highest BCUT2D eigenvalue weighted by molar-refractivity contribution is 5.88. The van der Waals surface area contributed by atoms with Gasteiger partial charge in [0.1, 0.15) is 11.4 Å². The van der Waals surface area contributed by atoms with Crippen molar-refractivity contribution in [2.75, 3.05) is 7.11 Å². The lowest BCUT2D eigenvalue weighted by Gasteiger charge is -2.12. The van der Waals surface area contributed by atoms with Gasteiger partial charge < -0.3 is 4.74 Å². The fourth-order valence-electron chi connectivity index (χ4n) is 0.887. The largest absolute Gasteiger partial charge is 0.465 e. The van der Waals surface area contributed by atoms with Crippen molar-refractivity contribution in [2.45, 2.75) is 19.5 Å². The quantitative estimate of drug-likeness (QED) is 0.675. The topological polar surface area (TPSA) is 52.1 Å². The minimum Gasteiger partial charge on any atom is -0.465 e. The van der Waals surface area contributed by atoms with E-state index in [1.165, 1.54) is 33.2 Å². The maximum absolute atomic E-state index is 13.4. The van der Waals surface area contributed by atoms with Crippen LogP contribution in [-0.2, 0) is 10.4 Å². The normalized spacial score (nSPS) is 11.1. The number of esters is 1. The van der Waals surface area contributed by atoms with Crippen LogP contribution in [0.5, 0.6) is 0 Å². The summed E-state index contributed by atoms with van der Waals surface area (Å²) in [5.41, 5.74) is -1.31. The Morgan fingerprint density at radius 3 is 2.71 bits per heavy atom. The molecule has 0 amide bonds. The first-order chi connectivity index (χ1) is 6.45. The van der Waals surface area contributed by atoms with E-state index in [1.54, 1.807) is 0 Å². The molecular weight excluding hydrogens is 187 g/mol. The van der Waals surface area contributed by atoms with Gasteiger partial charge in [-0.3, -0.25) is 0 Å². The van der Waals surface area contributed by atoms with Crippen molar-refractivity contribution in [3.05, 3.63) is 23.5 Å². The number of methoxy groups -OCH3 is 1. The first-order valence-electron chi connectivity index (χ1n) is 4.05. The van der Waals surface area contributed by atoms with Gasteiger partial charge in [-0.15, -0.1) is 0 Å². The molecule has 0 radical (unpaired) electrons. The summed E-state index contributed by atoms with van der Waals surface area (Å²) in [4.78, 5) is 11.1. The highest BCUT2D eigenvalue weighted by Crippen LogP contribution is 2.22. The van der Waals surface area contributed by atoms with E-state index in [0.29, 0.717) is 0 Å². The predicted octanol–water partition coefficient (Wildman–Crippen LogP) is 1.47. The number of halogens is 1. The summed E-state index contributed by atoms with van der Waals surface area (Å²) in [5.74, 6) is -0.551. The van der Waals surface area contributed by atoms with E-state index in [9.17, 15) is 9.18 Å². The molecule has 76 valence electrons. The lowest BCUT2D eigenvalue weighted by molar-refractivity contribution is 0.0599. The van der Waals surface area contributed by atoms with Crippen LogP contribution in [0.2, 0.25) is 0 Å². The van der Waals surface area contributed by atoms with Crippen LogP contribution in [0.3, 0.4) is 0 Å². The van der Waals surface area contributed by atoms with Gasteiger partial charge in [0, 0.05) is 0 Å². The molecule has 0 fully saturated rings. The van der Waals surface area contributed by atoms with Gasteiger partial charge in [0.05, 0.1) is 18.9 Å². The number of hydrogen-bond donors (Lipinski definition) is 0. The van der Waals surface area contributed by atoms with Crippen LogP contribution in [0.25, 0.3) is 0 Å². The van der Waals surface area contributed by atoms with Gasteiger partial charge in [-0.2, -0.15) is 10.2 Å². The van der Waals surface area contributed by atoms with E-state index in [0.717, 1.165) is 0 Å². The Hall–Kier alpha value is -1.52. The van der Waals surface area contributed by atoms with Crippen LogP contribution in [0, 0.1) is 0 Å². The van der Waals surface area contributed by atoms with Gasteiger partial charge in [0.25, 0.3) is 0 Å². The summed E-state index contributed by atoms with van der Waals surface area (Å²) in [5, 5.41) is 7.12. The highest BCUT2D eigenvalue weighted by Gasteiger charge is 2.22. The van der Waals surface area contributed by atoms with Crippen molar-refractivity contribution >= 4 is 5.97 Å². The summed E-state index contributed by atoms with van der Waals surface area (Å²) < 4.78 is 17.9. The number of rotatable bonds is 2. The second-order valence-corrected chi connectivity index (χ2v) is 3.29. The zero-order chi connectivity index (χ0) is 10.8. The molecule has 0 aliphatic carbocycles. The molecule has 0 aliphatic rings. The average molecular weight is 198 g/mol. The summed E-state index contributed by atoms with van der Waals surface area (Å²) in [7, 11) is 1.25. The maximum Gasteiger partial charge on any atom is 0.339 e. The second kappa shape index (κ2) is 3.69. The Morgan fingerprint density at radius 2 is 2.21 bits per heavy atom. The molecule has 5 heteroatoms. The molecule has 0 spiro atoms. The average Bonchev–Trinajstić information content (AvgIpc) is 2.15. The first-order valence-corrected chi connectivity index (χ1v) is 4.05. The third-order valence-corrected chi connectivity index (χ3v) is 1.68. The molecule has 1 aromatic rings. The molecule has 0 N–H and O–H groups in total. The van der Waals surface area contributed by atoms with E-state index < -0.39 is 11.6 Å². The van der Waals surface area contributed by atoms with Crippen LogP contribution in [-0.4, -0.2) is 23.3 Å². The summed E-state index contributed by atoms with van der Waals surface area (Å²) in [6.07, 6.45) is 1.24. The highest BCUT2D eigenvalue weighted by atomic mass is 19.1. The number of nitrogens with zero attached hydrogens (tertiary/aromatic N) is 2. The third-order valence-electron chi connectivity index (χ3n) is 1.68. The SMILES string of the molecule is COC(=O)c1cnnc(C(C)(C)F)c1. The molecule has 4 nitrogen and oxygen atoms in total. The first kappa shape index (κ1) is 10.6. The third kappa shape index (κ3) is 2.25. The lowest BCUT2D eigenvalue weighted by Crippen LogP contribution is -2.14. The number of alkyl halides is 1. The van der Waals surface area contributed by atoms with Gasteiger partial charge in [-0.05, 0) is 19.9 Å². The standard InChI is InChI=1S/C9H11FN2O2/c1-9(2,10)7-4-6(5-11-12-7)8(13)14-3/h4-5H,1-3H3. The van der Waals surface area contributed by atoms with E-state index >= 15 is 0 Å². The molecule has 0 aliphatic heterocycles. The van der Waals surface area contributed by atoms with Crippen molar-refractivity contribution in [1.82, 2.24) is 10.2 Å². The van der Waals surface area contributed by atoms with Gasteiger partial charge in [-0.1, -0.05) is 0 Å². The van der Waals surface area contributed by atoms with Gasteiger partial charge >= 0.3 is 5.97 Å². The Bertz CT molecular complexity index is 347. The minimum absolute atomic E-state index is 0.111. The molecule has 1 aromatic heterocycles. The van der Waals surface area contributed by atoms with E-state index in [1.807, 2.05) is 0 Å². The van der Waals surface area contributed by atoms with Crippen LogP contribution >= 0.6 is 0 Å². The molecule has 14 heavy (non-hydrogen) atoms. The molecule has 1 heterocycles. The molecular formula is C9H11FN2O2.